The van der Waals surface area contributed by atoms with Crippen LogP contribution >= 0.6 is 11.6 Å². The Morgan fingerprint density at radius 3 is 2.67 bits per heavy atom. The van der Waals surface area contributed by atoms with Gasteiger partial charge in [0.25, 0.3) is 0 Å². The van der Waals surface area contributed by atoms with Gasteiger partial charge in [0.2, 0.25) is 0 Å². The van der Waals surface area contributed by atoms with E-state index in [9.17, 15) is 4.79 Å². The molecule has 1 aromatic carbocycles. The highest BCUT2D eigenvalue weighted by Gasteiger charge is 2.17. The Morgan fingerprint density at radius 1 is 1.38 bits per heavy atom. The molecule has 0 aliphatic carbocycles. The van der Waals surface area contributed by atoms with Crippen molar-refractivity contribution in [3.05, 3.63) is 46.3 Å². The summed E-state index contributed by atoms with van der Waals surface area (Å²) in [6, 6.07) is 7.39. The van der Waals surface area contributed by atoms with E-state index in [0.717, 1.165) is 22.7 Å². The van der Waals surface area contributed by atoms with E-state index in [0.29, 0.717) is 18.1 Å². The van der Waals surface area contributed by atoms with Crippen molar-refractivity contribution in [2.45, 2.75) is 26.8 Å². The monoisotopic (exact) mass is 308 g/mol. The van der Waals surface area contributed by atoms with Gasteiger partial charge < -0.3 is 14.5 Å². The maximum atomic E-state index is 10.9. The molecule has 0 fully saturated rings. The van der Waals surface area contributed by atoms with Crippen LogP contribution in [0, 0.1) is 13.8 Å². The summed E-state index contributed by atoms with van der Waals surface area (Å²) >= 11 is 6.23. The van der Waals surface area contributed by atoms with Gasteiger partial charge in [-0.2, -0.15) is 0 Å². The van der Waals surface area contributed by atoms with Crippen LogP contribution in [0.1, 0.15) is 23.4 Å². The smallest absolute Gasteiger partial charge is 0.305 e. The lowest BCUT2D eigenvalue weighted by molar-refractivity contribution is -0.136. The summed E-state index contributed by atoms with van der Waals surface area (Å²) in [4.78, 5) is 12.8. The van der Waals surface area contributed by atoms with Crippen molar-refractivity contribution in [2.24, 2.45) is 0 Å². The van der Waals surface area contributed by atoms with Crippen molar-refractivity contribution in [2.75, 3.05) is 11.4 Å². The predicted octanol–water partition coefficient (Wildman–Crippen LogP) is 3.43. The second-order valence-electron chi connectivity index (χ2n) is 4.82. The van der Waals surface area contributed by atoms with E-state index < -0.39 is 5.97 Å². The molecule has 0 aliphatic rings. The van der Waals surface area contributed by atoms with Crippen LogP contribution in [0.2, 0.25) is 5.02 Å². The van der Waals surface area contributed by atoms with E-state index in [-0.39, 0.29) is 6.42 Å². The normalized spacial score (nSPS) is 10.6. The van der Waals surface area contributed by atoms with E-state index in [2.05, 4.69) is 5.16 Å². The van der Waals surface area contributed by atoms with Crippen molar-refractivity contribution in [3.8, 4) is 0 Å². The molecule has 0 amide bonds. The van der Waals surface area contributed by atoms with Crippen LogP contribution in [0.15, 0.2) is 28.8 Å². The lowest BCUT2D eigenvalue weighted by atomic mass is 10.1. The SMILES string of the molecule is Cc1noc(C)c1CN(CCC(=O)O)c1ccccc1Cl. The first kappa shape index (κ1) is 15.4. The summed E-state index contributed by atoms with van der Waals surface area (Å²) < 4.78 is 5.16. The quantitative estimate of drug-likeness (QED) is 0.885. The highest BCUT2D eigenvalue weighted by molar-refractivity contribution is 6.33. The van der Waals surface area contributed by atoms with Crippen molar-refractivity contribution < 1.29 is 14.4 Å². The molecule has 1 heterocycles. The highest BCUT2D eigenvalue weighted by Crippen LogP contribution is 2.28. The van der Waals surface area contributed by atoms with Crippen molar-refractivity contribution >= 4 is 23.3 Å². The molecule has 0 aliphatic heterocycles. The minimum absolute atomic E-state index is 0.0363. The number of aliphatic carboxylic acids is 1. The van der Waals surface area contributed by atoms with Gasteiger partial charge in [-0.1, -0.05) is 28.9 Å². The molecule has 0 atom stereocenters. The van der Waals surface area contributed by atoms with Gasteiger partial charge in [-0.25, -0.2) is 0 Å². The van der Waals surface area contributed by atoms with Crippen LogP contribution in [-0.4, -0.2) is 22.8 Å². The number of benzene rings is 1. The third-order valence-corrected chi connectivity index (χ3v) is 3.64. The van der Waals surface area contributed by atoms with Crippen LogP contribution in [0.5, 0.6) is 0 Å². The average molecular weight is 309 g/mol. The van der Waals surface area contributed by atoms with Crippen LogP contribution in [-0.2, 0) is 11.3 Å². The van der Waals surface area contributed by atoms with Crippen molar-refractivity contribution in [1.82, 2.24) is 5.16 Å². The van der Waals surface area contributed by atoms with Crippen LogP contribution in [0.25, 0.3) is 0 Å². The molecule has 21 heavy (non-hydrogen) atoms. The lowest BCUT2D eigenvalue weighted by Gasteiger charge is -2.25. The van der Waals surface area contributed by atoms with Gasteiger partial charge in [0, 0.05) is 18.7 Å². The first-order valence-electron chi connectivity index (χ1n) is 6.62. The largest absolute Gasteiger partial charge is 0.481 e. The highest BCUT2D eigenvalue weighted by atomic mass is 35.5. The lowest BCUT2D eigenvalue weighted by Crippen LogP contribution is -2.26. The molecular formula is C15H17ClN2O3. The first-order chi connectivity index (χ1) is 9.99. The fourth-order valence-corrected chi connectivity index (χ4v) is 2.40. The third kappa shape index (κ3) is 3.76. The van der Waals surface area contributed by atoms with E-state index in [1.54, 1.807) is 6.07 Å². The molecule has 1 N–H and O–H groups in total. The summed E-state index contributed by atoms with van der Waals surface area (Å²) in [7, 11) is 0. The van der Waals surface area contributed by atoms with Gasteiger partial charge in [0.1, 0.15) is 5.76 Å². The Kier molecular flexibility index (Phi) is 4.85. The molecule has 2 aromatic rings. The number of aromatic nitrogens is 1. The van der Waals surface area contributed by atoms with E-state index >= 15 is 0 Å². The van der Waals surface area contributed by atoms with Crippen LogP contribution in [0.4, 0.5) is 5.69 Å². The van der Waals surface area contributed by atoms with Crippen LogP contribution in [0.3, 0.4) is 0 Å². The van der Waals surface area contributed by atoms with Crippen LogP contribution < -0.4 is 4.90 Å². The number of halogens is 1. The number of aryl methyl sites for hydroxylation is 2. The minimum atomic E-state index is -0.842. The molecule has 0 saturated carbocycles. The predicted molar refractivity (Wildman–Crippen MR) is 80.7 cm³/mol. The molecule has 0 radical (unpaired) electrons. The van der Waals surface area contributed by atoms with E-state index in [4.69, 9.17) is 21.2 Å². The van der Waals surface area contributed by atoms with Crippen molar-refractivity contribution in [1.29, 1.82) is 0 Å². The van der Waals surface area contributed by atoms with Gasteiger partial charge in [-0.3, -0.25) is 4.79 Å². The van der Waals surface area contributed by atoms with Gasteiger partial charge in [-0.05, 0) is 26.0 Å². The fraction of sp³-hybridized carbons (Fsp3) is 0.333. The fourth-order valence-electron chi connectivity index (χ4n) is 2.14. The maximum Gasteiger partial charge on any atom is 0.305 e. The topological polar surface area (TPSA) is 66.6 Å². The molecule has 0 saturated heterocycles. The second kappa shape index (κ2) is 6.63. The minimum Gasteiger partial charge on any atom is -0.481 e. The first-order valence-corrected chi connectivity index (χ1v) is 7.00. The summed E-state index contributed by atoms with van der Waals surface area (Å²) in [5.41, 5.74) is 2.57. The van der Waals surface area contributed by atoms with E-state index in [1.807, 2.05) is 36.9 Å². The molecule has 0 unspecified atom stereocenters. The number of carboxylic acid groups (broad SMARTS) is 1. The number of anilines is 1. The molecule has 112 valence electrons. The van der Waals surface area contributed by atoms with E-state index in [1.165, 1.54) is 0 Å². The summed E-state index contributed by atoms with van der Waals surface area (Å²) in [6.45, 7) is 4.59. The summed E-state index contributed by atoms with van der Waals surface area (Å²) in [5.74, 6) is -0.106. The Bertz CT molecular complexity index is 620. The Morgan fingerprint density at radius 2 is 2.10 bits per heavy atom. The van der Waals surface area contributed by atoms with Gasteiger partial charge in [0.15, 0.2) is 0 Å². The molecular weight excluding hydrogens is 292 g/mol. The number of nitrogens with zero attached hydrogens (tertiary/aromatic N) is 2. The number of rotatable bonds is 6. The molecule has 0 spiro atoms. The number of carbonyl (C=O) groups is 1. The number of hydrogen-bond donors (Lipinski definition) is 1. The number of para-hydroxylation sites is 1. The summed E-state index contributed by atoms with van der Waals surface area (Å²) in [6.07, 6.45) is 0.0363. The standard InChI is InChI=1S/C15H17ClN2O3/c1-10-12(11(2)21-17-10)9-18(8-7-15(19)20)14-6-4-3-5-13(14)16/h3-6H,7-9H2,1-2H3,(H,19,20). The maximum absolute atomic E-state index is 10.9. The second-order valence-corrected chi connectivity index (χ2v) is 5.23. The summed E-state index contributed by atoms with van der Waals surface area (Å²) in [5, 5.41) is 13.4. The third-order valence-electron chi connectivity index (χ3n) is 3.32. The number of hydrogen-bond acceptors (Lipinski definition) is 4. The molecule has 1 aromatic heterocycles. The zero-order chi connectivity index (χ0) is 15.4. The zero-order valence-electron chi connectivity index (χ0n) is 12.0. The van der Waals surface area contributed by atoms with Gasteiger partial charge in [0.05, 0.1) is 22.8 Å². The molecule has 5 nitrogen and oxygen atoms in total. The molecule has 6 heteroatoms. The zero-order valence-corrected chi connectivity index (χ0v) is 12.7. The Hall–Kier alpha value is -2.01. The number of carboxylic acids is 1. The van der Waals surface area contributed by atoms with Gasteiger partial charge >= 0.3 is 5.97 Å². The van der Waals surface area contributed by atoms with Gasteiger partial charge in [-0.15, -0.1) is 0 Å². The average Bonchev–Trinajstić information content (AvgIpc) is 2.75. The Labute approximate surface area is 128 Å². The van der Waals surface area contributed by atoms with Crippen molar-refractivity contribution in [3.63, 3.8) is 0 Å². The Balaban J connectivity index is 2.28. The molecule has 0 bridgehead atoms. The molecule has 2 rings (SSSR count).